The number of nitrogens with one attached hydrogen (secondary N) is 1. The van der Waals surface area contributed by atoms with Gasteiger partial charge in [-0.3, -0.25) is 4.79 Å². The Labute approximate surface area is 105 Å². The van der Waals surface area contributed by atoms with Gasteiger partial charge in [-0.05, 0) is 24.6 Å². The van der Waals surface area contributed by atoms with Crippen LogP contribution in [-0.2, 0) is 4.79 Å². The van der Waals surface area contributed by atoms with E-state index < -0.39 is 6.04 Å². The van der Waals surface area contributed by atoms with Crippen LogP contribution in [0.2, 0.25) is 5.02 Å². The lowest BCUT2D eigenvalue weighted by Gasteiger charge is -2.12. The van der Waals surface area contributed by atoms with Crippen LogP contribution in [0.3, 0.4) is 0 Å². The molecule has 0 saturated heterocycles. The molecule has 0 heterocycles. The van der Waals surface area contributed by atoms with Gasteiger partial charge in [0.2, 0.25) is 5.91 Å². The van der Waals surface area contributed by atoms with Crippen molar-refractivity contribution in [2.24, 2.45) is 5.73 Å². The Morgan fingerprint density at radius 2 is 2.35 bits per heavy atom. The first-order valence-electron chi connectivity index (χ1n) is 5.34. The molecule has 0 aromatic heterocycles. The highest BCUT2D eigenvalue weighted by molar-refractivity contribution is 6.31. The molecule has 1 amide bonds. The van der Waals surface area contributed by atoms with Crippen molar-refractivity contribution in [3.05, 3.63) is 28.8 Å². The number of halogens is 1. The molecule has 5 heteroatoms. The van der Waals surface area contributed by atoms with E-state index in [2.05, 4.69) is 5.32 Å². The van der Waals surface area contributed by atoms with Crippen molar-refractivity contribution in [1.82, 2.24) is 0 Å². The Bertz CT molecular complexity index is 454. The molecular formula is C12H14ClN3O. The van der Waals surface area contributed by atoms with E-state index in [-0.39, 0.29) is 5.91 Å². The first-order chi connectivity index (χ1) is 8.08. The van der Waals surface area contributed by atoms with Gasteiger partial charge in [0.05, 0.1) is 17.3 Å². The molecule has 0 unspecified atom stereocenters. The molecule has 0 aliphatic rings. The fraction of sp³-hybridized carbons (Fsp3) is 0.333. The maximum atomic E-state index is 11.7. The Kier molecular flexibility index (Phi) is 4.95. The van der Waals surface area contributed by atoms with Crippen molar-refractivity contribution >= 4 is 23.2 Å². The Morgan fingerprint density at radius 3 is 2.94 bits per heavy atom. The third kappa shape index (κ3) is 3.74. The number of hydrogen-bond donors (Lipinski definition) is 2. The second-order valence-electron chi connectivity index (χ2n) is 3.69. The van der Waals surface area contributed by atoms with E-state index in [9.17, 15) is 4.79 Å². The van der Waals surface area contributed by atoms with Crippen LogP contribution in [0.25, 0.3) is 0 Å². The van der Waals surface area contributed by atoms with Crippen LogP contribution < -0.4 is 11.1 Å². The Balaban J connectivity index is 2.84. The van der Waals surface area contributed by atoms with Gasteiger partial charge in [-0.1, -0.05) is 24.9 Å². The quantitative estimate of drug-likeness (QED) is 0.862. The first kappa shape index (κ1) is 13.5. The molecule has 1 aromatic rings. The highest BCUT2D eigenvalue weighted by Crippen LogP contribution is 2.20. The van der Waals surface area contributed by atoms with Gasteiger partial charge in [0.25, 0.3) is 0 Å². The first-order valence-corrected chi connectivity index (χ1v) is 5.72. The standard InChI is InChI=1S/C12H14ClN3O/c1-2-3-10(15)12(17)16-11-6-9(13)5-4-8(11)7-14/h4-6,10H,2-3,15H2,1H3,(H,16,17)/t10-/m0/s1. The number of nitriles is 1. The van der Waals surface area contributed by atoms with Gasteiger partial charge in [0, 0.05) is 5.02 Å². The van der Waals surface area contributed by atoms with Gasteiger partial charge >= 0.3 is 0 Å². The lowest BCUT2D eigenvalue weighted by atomic mass is 10.1. The number of rotatable bonds is 4. The van der Waals surface area contributed by atoms with Gasteiger partial charge in [-0.25, -0.2) is 0 Å². The summed E-state index contributed by atoms with van der Waals surface area (Å²) in [4.78, 5) is 11.7. The van der Waals surface area contributed by atoms with E-state index in [1.165, 1.54) is 6.07 Å². The molecule has 0 aliphatic carbocycles. The molecule has 1 rings (SSSR count). The largest absolute Gasteiger partial charge is 0.323 e. The number of nitrogens with zero attached hydrogens (tertiary/aromatic N) is 1. The van der Waals surface area contributed by atoms with Gasteiger partial charge in [0.1, 0.15) is 6.07 Å². The number of carbonyl (C=O) groups excluding carboxylic acids is 1. The average molecular weight is 252 g/mol. The second kappa shape index (κ2) is 6.24. The Morgan fingerprint density at radius 1 is 1.65 bits per heavy atom. The third-order valence-corrected chi connectivity index (χ3v) is 2.53. The number of hydrogen-bond acceptors (Lipinski definition) is 3. The molecule has 0 spiro atoms. The number of benzene rings is 1. The van der Waals surface area contributed by atoms with Crippen molar-refractivity contribution in [3.63, 3.8) is 0 Å². The van der Waals surface area contributed by atoms with Crippen LogP contribution in [0.1, 0.15) is 25.3 Å². The van der Waals surface area contributed by atoms with Crippen molar-refractivity contribution < 1.29 is 4.79 Å². The fourth-order valence-electron chi connectivity index (χ4n) is 1.38. The molecule has 17 heavy (non-hydrogen) atoms. The molecule has 1 atom stereocenters. The maximum absolute atomic E-state index is 11.7. The molecule has 0 radical (unpaired) electrons. The summed E-state index contributed by atoms with van der Waals surface area (Å²) in [6.45, 7) is 1.95. The minimum absolute atomic E-state index is 0.300. The predicted molar refractivity (Wildman–Crippen MR) is 67.7 cm³/mol. The highest BCUT2D eigenvalue weighted by atomic mass is 35.5. The van der Waals surface area contributed by atoms with Crippen LogP contribution >= 0.6 is 11.6 Å². The van der Waals surface area contributed by atoms with E-state index in [0.717, 1.165) is 6.42 Å². The highest BCUT2D eigenvalue weighted by Gasteiger charge is 2.14. The minimum Gasteiger partial charge on any atom is -0.323 e. The smallest absolute Gasteiger partial charge is 0.241 e. The van der Waals surface area contributed by atoms with Gasteiger partial charge in [0.15, 0.2) is 0 Å². The molecule has 90 valence electrons. The topological polar surface area (TPSA) is 78.9 Å². The molecule has 0 bridgehead atoms. The second-order valence-corrected chi connectivity index (χ2v) is 4.12. The number of carbonyl (C=O) groups is 1. The van der Waals surface area contributed by atoms with Crippen LogP contribution in [0, 0.1) is 11.3 Å². The predicted octanol–water partition coefficient (Wildman–Crippen LogP) is 2.28. The summed E-state index contributed by atoms with van der Waals surface area (Å²) in [7, 11) is 0. The van der Waals surface area contributed by atoms with E-state index in [1.807, 2.05) is 13.0 Å². The minimum atomic E-state index is -0.564. The van der Waals surface area contributed by atoms with Crippen molar-refractivity contribution in [3.8, 4) is 6.07 Å². The summed E-state index contributed by atoms with van der Waals surface area (Å²) in [6.07, 6.45) is 1.43. The zero-order valence-electron chi connectivity index (χ0n) is 9.53. The van der Waals surface area contributed by atoms with Crippen molar-refractivity contribution in [2.45, 2.75) is 25.8 Å². The van der Waals surface area contributed by atoms with Crippen LogP contribution in [0.5, 0.6) is 0 Å². The summed E-state index contributed by atoms with van der Waals surface area (Å²) in [5, 5.41) is 12.0. The molecule has 0 saturated carbocycles. The van der Waals surface area contributed by atoms with Gasteiger partial charge < -0.3 is 11.1 Å². The number of amides is 1. The zero-order chi connectivity index (χ0) is 12.8. The summed E-state index contributed by atoms with van der Waals surface area (Å²) < 4.78 is 0. The van der Waals surface area contributed by atoms with E-state index in [1.54, 1.807) is 12.1 Å². The fourth-order valence-corrected chi connectivity index (χ4v) is 1.56. The van der Waals surface area contributed by atoms with Crippen LogP contribution in [0.4, 0.5) is 5.69 Å². The monoisotopic (exact) mass is 251 g/mol. The molecular weight excluding hydrogens is 238 g/mol. The normalized spacial score (nSPS) is 11.6. The third-order valence-electron chi connectivity index (χ3n) is 2.30. The summed E-state index contributed by atoms with van der Waals surface area (Å²) in [5.74, 6) is -0.300. The average Bonchev–Trinajstić information content (AvgIpc) is 2.29. The lowest BCUT2D eigenvalue weighted by molar-refractivity contribution is -0.117. The maximum Gasteiger partial charge on any atom is 0.241 e. The van der Waals surface area contributed by atoms with Crippen molar-refractivity contribution in [2.75, 3.05) is 5.32 Å². The summed E-state index contributed by atoms with van der Waals surface area (Å²) in [6, 6.07) is 6.12. The van der Waals surface area contributed by atoms with Crippen LogP contribution in [0.15, 0.2) is 18.2 Å². The molecule has 4 nitrogen and oxygen atoms in total. The number of anilines is 1. The SMILES string of the molecule is CCC[C@H](N)C(=O)Nc1cc(Cl)ccc1C#N. The van der Waals surface area contributed by atoms with E-state index in [0.29, 0.717) is 22.7 Å². The Hall–Kier alpha value is -1.57. The molecule has 0 fully saturated rings. The number of nitrogens with two attached hydrogens (primary N) is 1. The summed E-state index contributed by atoms with van der Waals surface area (Å²) >= 11 is 5.81. The van der Waals surface area contributed by atoms with E-state index >= 15 is 0 Å². The van der Waals surface area contributed by atoms with Gasteiger partial charge in [-0.15, -0.1) is 0 Å². The molecule has 0 aliphatic heterocycles. The van der Waals surface area contributed by atoms with Crippen molar-refractivity contribution in [1.29, 1.82) is 5.26 Å². The lowest BCUT2D eigenvalue weighted by Crippen LogP contribution is -2.35. The van der Waals surface area contributed by atoms with E-state index in [4.69, 9.17) is 22.6 Å². The van der Waals surface area contributed by atoms with Crippen LogP contribution in [-0.4, -0.2) is 11.9 Å². The molecule has 1 aromatic carbocycles. The molecule has 3 N–H and O–H groups in total. The summed E-state index contributed by atoms with van der Waals surface area (Å²) in [5.41, 5.74) is 6.44. The van der Waals surface area contributed by atoms with Gasteiger partial charge in [-0.2, -0.15) is 5.26 Å². The zero-order valence-corrected chi connectivity index (χ0v) is 10.3.